The second-order valence-corrected chi connectivity index (χ2v) is 3.64. The summed E-state index contributed by atoms with van der Waals surface area (Å²) in [7, 11) is 0. The Kier molecular flexibility index (Phi) is 3.29. The molecule has 2 aromatic carbocycles. The molecule has 0 saturated heterocycles. The van der Waals surface area contributed by atoms with Gasteiger partial charge in [-0.05, 0) is 47.5 Å². The van der Waals surface area contributed by atoms with E-state index in [4.69, 9.17) is 10.2 Å². The maximum absolute atomic E-state index is 9.12. The monoisotopic (exact) mass is 224 g/mol. The Morgan fingerprint density at radius 3 is 1.35 bits per heavy atom. The minimum Gasteiger partial charge on any atom is -0.508 e. The number of phenolic OH excluding ortho intramolecular Hbond substituents is 2. The molecule has 0 aliphatic rings. The Labute approximate surface area is 99.8 Å². The van der Waals surface area contributed by atoms with Crippen LogP contribution in [0.2, 0.25) is 0 Å². The van der Waals surface area contributed by atoms with E-state index < -0.39 is 0 Å². The van der Waals surface area contributed by atoms with Crippen molar-refractivity contribution >= 4 is 12.2 Å². The van der Waals surface area contributed by atoms with Crippen LogP contribution < -0.4 is 0 Å². The van der Waals surface area contributed by atoms with Crippen LogP contribution in [0.4, 0.5) is 0 Å². The molecule has 0 bridgehead atoms. The molecule has 84 valence electrons. The lowest BCUT2D eigenvalue weighted by molar-refractivity contribution is 0.474. The first-order valence-electron chi connectivity index (χ1n) is 5.24. The highest BCUT2D eigenvalue weighted by Crippen LogP contribution is 2.12. The third kappa shape index (κ3) is 3.26. The van der Waals surface area contributed by atoms with E-state index in [9.17, 15) is 0 Å². The van der Waals surface area contributed by atoms with Crippen molar-refractivity contribution in [2.75, 3.05) is 0 Å². The molecule has 0 heterocycles. The molecule has 0 spiro atoms. The van der Waals surface area contributed by atoms with Gasteiger partial charge in [0.1, 0.15) is 11.5 Å². The zero-order valence-electron chi connectivity index (χ0n) is 9.17. The average Bonchev–Trinajstić information content (AvgIpc) is 2.34. The molecule has 2 rings (SSSR count). The van der Waals surface area contributed by atoms with Crippen molar-refractivity contribution in [1.82, 2.24) is 0 Å². The minimum atomic E-state index is 0.254. The van der Waals surface area contributed by atoms with E-state index in [-0.39, 0.29) is 11.5 Å². The van der Waals surface area contributed by atoms with E-state index in [0.29, 0.717) is 0 Å². The second kappa shape index (κ2) is 5.06. The van der Waals surface area contributed by atoms with Gasteiger partial charge >= 0.3 is 0 Å². The zero-order chi connectivity index (χ0) is 12.1. The van der Waals surface area contributed by atoms with Gasteiger partial charge in [0.2, 0.25) is 0 Å². The van der Waals surface area contributed by atoms with Crippen LogP contribution in [0.5, 0.6) is 11.5 Å². The Morgan fingerprint density at radius 1 is 0.647 bits per heavy atom. The van der Waals surface area contributed by atoms with Crippen LogP contribution in [0, 0.1) is 0 Å². The van der Waals surface area contributed by atoms with E-state index in [0.717, 1.165) is 11.1 Å². The molecule has 2 nitrogen and oxygen atoms in total. The Balaban J connectivity index is 2.14. The number of hydrogen-bond donors (Lipinski definition) is 2. The second-order valence-electron chi connectivity index (χ2n) is 3.64. The quantitative estimate of drug-likeness (QED) is 0.767. The van der Waals surface area contributed by atoms with Crippen molar-refractivity contribution in [3.05, 3.63) is 65.4 Å². The third-order valence-electron chi connectivity index (χ3n) is 2.29. The summed E-state index contributed by atoms with van der Waals surface area (Å²) in [6.07, 6.45) is 3.65. The predicted octanol–water partition coefficient (Wildman–Crippen LogP) is 3.42. The van der Waals surface area contributed by atoms with E-state index in [2.05, 4.69) is 5.73 Å². The zero-order valence-corrected chi connectivity index (χ0v) is 9.17. The molecule has 0 aliphatic heterocycles. The molecule has 0 atom stereocenters. The highest BCUT2D eigenvalue weighted by molar-refractivity contribution is 5.58. The van der Waals surface area contributed by atoms with Crippen molar-refractivity contribution < 1.29 is 10.2 Å². The summed E-state index contributed by atoms with van der Waals surface area (Å²) < 4.78 is 0. The van der Waals surface area contributed by atoms with Crippen molar-refractivity contribution in [2.24, 2.45) is 0 Å². The van der Waals surface area contributed by atoms with Crippen LogP contribution >= 0.6 is 0 Å². The summed E-state index contributed by atoms with van der Waals surface area (Å²) in [4.78, 5) is 0. The summed E-state index contributed by atoms with van der Waals surface area (Å²) in [5.41, 5.74) is 4.98. The molecule has 0 aromatic heterocycles. The van der Waals surface area contributed by atoms with Crippen LogP contribution in [-0.4, -0.2) is 10.2 Å². The third-order valence-corrected chi connectivity index (χ3v) is 2.29. The predicted molar refractivity (Wildman–Crippen MR) is 68.7 cm³/mol. The van der Waals surface area contributed by atoms with Crippen LogP contribution in [0.3, 0.4) is 0 Å². The van der Waals surface area contributed by atoms with E-state index in [1.165, 1.54) is 0 Å². The summed E-state index contributed by atoms with van der Waals surface area (Å²) >= 11 is 0. The lowest BCUT2D eigenvalue weighted by Crippen LogP contribution is -1.70. The van der Waals surface area contributed by atoms with Crippen molar-refractivity contribution in [1.29, 1.82) is 0 Å². The first-order valence-corrected chi connectivity index (χ1v) is 5.24. The van der Waals surface area contributed by atoms with Gasteiger partial charge in [0.15, 0.2) is 0 Å². The fraction of sp³-hybridized carbons (Fsp3) is 0. The molecule has 0 amide bonds. The molecular weight excluding hydrogens is 212 g/mol. The highest BCUT2D eigenvalue weighted by atomic mass is 16.3. The largest absolute Gasteiger partial charge is 0.508 e. The first-order chi connectivity index (χ1) is 8.24. The SMILES string of the molecule is Oc1ccc(C=C=Cc2ccc(O)cc2)cc1. The Morgan fingerprint density at radius 2 is 1.00 bits per heavy atom. The van der Waals surface area contributed by atoms with Gasteiger partial charge < -0.3 is 10.2 Å². The molecule has 0 radical (unpaired) electrons. The highest BCUT2D eigenvalue weighted by Gasteiger charge is 1.88. The first kappa shape index (κ1) is 11.1. The van der Waals surface area contributed by atoms with Crippen LogP contribution in [0.15, 0.2) is 54.3 Å². The normalized spacial score (nSPS) is 9.41. The molecule has 2 heteroatoms. The minimum absolute atomic E-state index is 0.254. The van der Waals surface area contributed by atoms with Crippen LogP contribution in [0.25, 0.3) is 12.2 Å². The molecule has 0 fully saturated rings. The number of phenols is 2. The van der Waals surface area contributed by atoms with E-state index in [1.54, 1.807) is 24.3 Å². The van der Waals surface area contributed by atoms with Gasteiger partial charge in [-0.1, -0.05) is 24.3 Å². The average molecular weight is 224 g/mol. The molecule has 0 unspecified atom stereocenters. The maximum Gasteiger partial charge on any atom is 0.115 e. The van der Waals surface area contributed by atoms with Gasteiger partial charge in [-0.25, -0.2) is 0 Å². The van der Waals surface area contributed by atoms with E-state index >= 15 is 0 Å². The Hall–Kier alpha value is -2.44. The molecule has 2 N–H and O–H groups in total. The smallest absolute Gasteiger partial charge is 0.115 e. The molecule has 0 saturated carbocycles. The summed E-state index contributed by atoms with van der Waals surface area (Å²) in [5, 5.41) is 18.2. The number of rotatable bonds is 2. The van der Waals surface area contributed by atoms with Gasteiger partial charge in [-0.15, -0.1) is 5.73 Å². The fourth-order valence-corrected chi connectivity index (χ4v) is 1.38. The molecule has 2 aromatic rings. The molecular formula is C15H12O2. The lowest BCUT2D eigenvalue weighted by atomic mass is 10.2. The standard InChI is InChI=1S/C15H12O2/c16-14-8-4-12(5-9-14)2-1-3-13-6-10-15(17)11-7-13/h2-11,16-17H. The van der Waals surface area contributed by atoms with Gasteiger partial charge in [0.05, 0.1) is 0 Å². The van der Waals surface area contributed by atoms with E-state index in [1.807, 2.05) is 36.4 Å². The number of benzene rings is 2. The summed E-state index contributed by atoms with van der Waals surface area (Å²) in [6, 6.07) is 13.8. The van der Waals surface area contributed by atoms with Gasteiger partial charge in [-0.2, -0.15) is 0 Å². The topological polar surface area (TPSA) is 40.5 Å². The number of aromatic hydroxyl groups is 2. The fourth-order valence-electron chi connectivity index (χ4n) is 1.38. The van der Waals surface area contributed by atoms with Crippen LogP contribution in [0.1, 0.15) is 11.1 Å². The Bertz CT molecular complexity index is 495. The van der Waals surface area contributed by atoms with Crippen LogP contribution in [-0.2, 0) is 0 Å². The summed E-state index contributed by atoms with van der Waals surface area (Å²) in [5.74, 6) is 0.509. The van der Waals surface area contributed by atoms with Gasteiger partial charge in [-0.3, -0.25) is 0 Å². The molecule has 17 heavy (non-hydrogen) atoms. The lowest BCUT2D eigenvalue weighted by Gasteiger charge is -1.92. The van der Waals surface area contributed by atoms with Gasteiger partial charge in [0.25, 0.3) is 0 Å². The number of hydrogen-bond acceptors (Lipinski definition) is 2. The van der Waals surface area contributed by atoms with Crippen molar-refractivity contribution in [3.63, 3.8) is 0 Å². The van der Waals surface area contributed by atoms with Gasteiger partial charge in [0, 0.05) is 0 Å². The maximum atomic E-state index is 9.12. The van der Waals surface area contributed by atoms with Crippen molar-refractivity contribution in [2.45, 2.75) is 0 Å². The summed E-state index contributed by atoms with van der Waals surface area (Å²) in [6.45, 7) is 0. The molecule has 0 aliphatic carbocycles. The van der Waals surface area contributed by atoms with Crippen molar-refractivity contribution in [3.8, 4) is 11.5 Å².